The predicted octanol–water partition coefficient (Wildman–Crippen LogP) is 3.64. The van der Waals surface area contributed by atoms with Gasteiger partial charge in [-0.3, -0.25) is 9.78 Å². The quantitative estimate of drug-likeness (QED) is 0.661. The van der Waals surface area contributed by atoms with E-state index in [4.69, 9.17) is 0 Å². The number of pyridine rings is 1. The fourth-order valence-electron chi connectivity index (χ4n) is 2.19. The van der Waals surface area contributed by atoms with Crippen LogP contribution < -0.4 is 0 Å². The van der Waals surface area contributed by atoms with Crippen molar-refractivity contribution in [3.05, 3.63) is 77.5 Å². The molecule has 2 nitrogen and oxygen atoms in total. The molecule has 0 saturated heterocycles. The fraction of sp³-hybridized carbons (Fsp3) is 0.0588. The second-order valence-corrected chi connectivity index (χ2v) is 4.53. The third-order valence-corrected chi connectivity index (χ3v) is 3.13. The zero-order valence-corrected chi connectivity index (χ0v) is 10.4. The Morgan fingerprint density at radius 1 is 0.947 bits per heavy atom. The van der Waals surface area contributed by atoms with Gasteiger partial charge in [-0.15, -0.1) is 0 Å². The minimum atomic E-state index is 0.707. The maximum Gasteiger partial charge on any atom is 0.150 e. The van der Waals surface area contributed by atoms with Gasteiger partial charge < -0.3 is 0 Å². The first-order valence-electron chi connectivity index (χ1n) is 6.24. The Hall–Kier alpha value is -2.48. The zero-order chi connectivity index (χ0) is 13.1. The van der Waals surface area contributed by atoms with Gasteiger partial charge in [0.2, 0.25) is 0 Å². The van der Waals surface area contributed by atoms with E-state index in [1.807, 2.05) is 48.5 Å². The maximum atomic E-state index is 10.8. The summed E-state index contributed by atoms with van der Waals surface area (Å²) in [6.07, 6.45) is 1.61. The molecule has 0 unspecified atom stereocenters. The summed E-state index contributed by atoms with van der Waals surface area (Å²) in [6.45, 7) is 0. The van der Waals surface area contributed by atoms with E-state index in [1.165, 1.54) is 0 Å². The summed E-state index contributed by atoms with van der Waals surface area (Å²) in [5.74, 6) is 0. The Morgan fingerprint density at radius 3 is 2.74 bits per heavy atom. The van der Waals surface area contributed by atoms with Crippen LogP contribution in [0, 0.1) is 0 Å². The standard InChI is InChI=1S/C17H13NO/c19-12-14-5-3-4-13(10-14)11-16-9-8-15-6-1-2-7-17(15)18-16/h1-10,12H,11H2. The van der Waals surface area contributed by atoms with Gasteiger partial charge in [-0.1, -0.05) is 42.5 Å². The Kier molecular flexibility index (Phi) is 3.07. The van der Waals surface area contributed by atoms with E-state index in [-0.39, 0.29) is 0 Å². The first-order chi connectivity index (χ1) is 9.35. The van der Waals surface area contributed by atoms with Crippen molar-refractivity contribution in [2.45, 2.75) is 6.42 Å². The molecule has 3 aromatic rings. The molecule has 0 N–H and O–H groups in total. The van der Waals surface area contributed by atoms with Crippen LogP contribution in [0.1, 0.15) is 21.6 Å². The topological polar surface area (TPSA) is 30.0 Å². The number of hydrogen-bond donors (Lipinski definition) is 0. The fourth-order valence-corrected chi connectivity index (χ4v) is 2.19. The van der Waals surface area contributed by atoms with Crippen molar-refractivity contribution < 1.29 is 4.79 Å². The number of fused-ring (bicyclic) bond motifs is 1. The molecular weight excluding hydrogens is 234 g/mol. The Balaban J connectivity index is 1.94. The summed E-state index contributed by atoms with van der Waals surface area (Å²) < 4.78 is 0. The van der Waals surface area contributed by atoms with E-state index in [0.29, 0.717) is 5.56 Å². The van der Waals surface area contributed by atoms with Gasteiger partial charge in [-0.2, -0.15) is 0 Å². The van der Waals surface area contributed by atoms with Gasteiger partial charge in [0.1, 0.15) is 6.29 Å². The van der Waals surface area contributed by atoms with Crippen LogP contribution in [0.3, 0.4) is 0 Å². The van der Waals surface area contributed by atoms with Gasteiger partial charge in [0.15, 0.2) is 0 Å². The Labute approximate surface area is 111 Å². The number of rotatable bonds is 3. The van der Waals surface area contributed by atoms with Crippen LogP contribution in [0.4, 0.5) is 0 Å². The summed E-state index contributed by atoms with van der Waals surface area (Å²) in [5.41, 5.74) is 3.83. The second-order valence-electron chi connectivity index (χ2n) is 4.53. The van der Waals surface area contributed by atoms with Crippen molar-refractivity contribution >= 4 is 17.2 Å². The highest BCUT2D eigenvalue weighted by molar-refractivity contribution is 5.78. The van der Waals surface area contributed by atoms with E-state index in [0.717, 1.165) is 34.9 Å². The van der Waals surface area contributed by atoms with Crippen molar-refractivity contribution in [1.82, 2.24) is 4.98 Å². The van der Waals surface area contributed by atoms with Crippen LogP contribution in [0.15, 0.2) is 60.7 Å². The third-order valence-electron chi connectivity index (χ3n) is 3.13. The Bertz CT molecular complexity index is 734. The lowest BCUT2D eigenvalue weighted by Crippen LogP contribution is -1.93. The molecule has 0 aliphatic rings. The molecule has 2 aromatic carbocycles. The molecule has 0 radical (unpaired) electrons. The van der Waals surface area contributed by atoms with E-state index in [2.05, 4.69) is 17.1 Å². The maximum absolute atomic E-state index is 10.8. The summed E-state index contributed by atoms with van der Waals surface area (Å²) in [7, 11) is 0. The normalized spacial score (nSPS) is 10.5. The Morgan fingerprint density at radius 2 is 1.84 bits per heavy atom. The van der Waals surface area contributed by atoms with E-state index < -0.39 is 0 Å². The molecule has 1 heterocycles. The van der Waals surface area contributed by atoms with Gasteiger partial charge >= 0.3 is 0 Å². The van der Waals surface area contributed by atoms with Crippen LogP contribution in [-0.2, 0) is 6.42 Å². The highest BCUT2D eigenvalue weighted by atomic mass is 16.1. The largest absolute Gasteiger partial charge is 0.298 e. The van der Waals surface area contributed by atoms with E-state index >= 15 is 0 Å². The number of carbonyl (C=O) groups excluding carboxylic acids is 1. The first-order valence-corrected chi connectivity index (χ1v) is 6.24. The van der Waals surface area contributed by atoms with Crippen molar-refractivity contribution in [2.24, 2.45) is 0 Å². The summed E-state index contributed by atoms with van der Waals surface area (Å²) in [4.78, 5) is 15.4. The third kappa shape index (κ3) is 2.52. The first kappa shape index (κ1) is 11.6. The minimum Gasteiger partial charge on any atom is -0.298 e. The number of hydrogen-bond acceptors (Lipinski definition) is 2. The average molecular weight is 247 g/mol. The number of carbonyl (C=O) groups is 1. The van der Waals surface area contributed by atoms with Crippen molar-refractivity contribution in [3.63, 3.8) is 0 Å². The smallest absolute Gasteiger partial charge is 0.150 e. The zero-order valence-electron chi connectivity index (χ0n) is 10.4. The van der Waals surface area contributed by atoms with Crippen molar-refractivity contribution in [1.29, 1.82) is 0 Å². The van der Waals surface area contributed by atoms with Crippen LogP contribution in [0.25, 0.3) is 10.9 Å². The number of benzene rings is 2. The molecular formula is C17H13NO. The van der Waals surface area contributed by atoms with Crippen LogP contribution in [0.5, 0.6) is 0 Å². The molecule has 0 spiro atoms. The van der Waals surface area contributed by atoms with E-state index in [9.17, 15) is 4.79 Å². The molecule has 0 amide bonds. The molecule has 0 aliphatic carbocycles. The number of nitrogens with zero attached hydrogens (tertiary/aromatic N) is 1. The number of para-hydroxylation sites is 1. The van der Waals surface area contributed by atoms with Crippen molar-refractivity contribution in [3.8, 4) is 0 Å². The highest BCUT2D eigenvalue weighted by Gasteiger charge is 2.01. The highest BCUT2D eigenvalue weighted by Crippen LogP contribution is 2.15. The number of aldehydes is 1. The molecule has 92 valence electrons. The lowest BCUT2D eigenvalue weighted by Gasteiger charge is -2.04. The molecule has 3 rings (SSSR count). The number of aromatic nitrogens is 1. The molecule has 19 heavy (non-hydrogen) atoms. The average Bonchev–Trinajstić information content (AvgIpc) is 2.47. The molecule has 0 saturated carbocycles. The van der Waals surface area contributed by atoms with Crippen molar-refractivity contribution in [2.75, 3.05) is 0 Å². The molecule has 0 fully saturated rings. The lowest BCUT2D eigenvalue weighted by molar-refractivity contribution is 0.112. The molecule has 0 bridgehead atoms. The van der Waals surface area contributed by atoms with Crippen LogP contribution >= 0.6 is 0 Å². The predicted molar refractivity (Wildman–Crippen MR) is 76.4 cm³/mol. The molecule has 1 aromatic heterocycles. The monoisotopic (exact) mass is 247 g/mol. The van der Waals surface area contributed by atoms with Gasteiger partial charge in [-0.25, -0.2) is 0 Å². The molecule has 0 atom stereocenters. The molecule has 0 aliphatic heterocycles. The summed E-state index contributed by atoms with van der Waals surface area (Å²) >= 11 is 0. The second kappa shape index (κ2) is 5.02. The SMILES string of the molecule is O=Cc1cccc(Cc2ccc3ccccc3n2)c1. The summed E-state index contributed by atoms with van der Waals surface area (Å²) in [6, 6.07) is 19.8. The van der Waals surface area contributed by atoms with Gasteiger partial charge in [0.05, 0.1) is 5.52 Å². The molecule has 2 heteroatoms. The van der Waals surface area contributed by atoms with Crippen LogP contribution in [-0.4, -0.2) is 11.3 Å². The van der Waals surface area contributed by atoms with E-state index in [1.54, 1.807) is 0 Å². The van der Waals surface area contributed by atoms with Crippen LogP contribution in [0.2, 0.25) is 0 Å². The van der Waals surface area contributed by atoms with Gasteiger partial charge in [0.25, 0.3) is 0 Å². The summed E-state index contributed by atoms with van der Waals surface area (Å²) in [5, 5.41) is 1.15. The minimum absolute atomic E-state index is 0.707. The van der Waals surface area contributed by atoms with Gasteiger partial charge in [-0.05, 0) is 23.8 Å². The lowest BCUT2D eigenvalue weighted by atomic mass is 10.1. The van der Waals surface area contributed by atoms with Gasteiger partial charge in [0, 0.05) is 23.1 Å².